The molecule has 0 N–H and O–H groups in total. The monoisotopic (exact) mass is 639 g/mol. The molecule has 2 aliphatic rings. The van der Waals surface area contributed by atoms with E-state index in [2.05, 4.69) is 169 Å². The predicted molar refractivity (Wildman–Crippen MR) is 203 cm³/mol. The highest BCUT2D eigenvalue weighted by Crippen LogP contribution is 2.63. The van der Waals surface area contributed by atoms with E-state index in [1.54, 1.807) is 0 Å². The summed E-state index contributed by atoms with van der Waals surface area (Å²) < 4.78 is 12.9. The largest absolute Gasteiger partial charge is 0.457 e. The molecule has 50 heavy (non-hydrogen) atoms. The van der Waals surface area contributed by atoms with Gasteiger partial charge < -0.3 is 14.1 Å². The Bertz CT molecular complexity index is 2770. The molecule has 1 spiro atoms. The van der Waals surface area contributed by atoms with Crippen molar-refractivity contribution in [3.63, 3.8) is 0 Å². The lowest BCUT2D eigenvalue weighted by molar-refractivity contribution is 0.436. The van der Waals surface area contributed by atoms with Gasteiger partial charge in [0, 0.05) is 39.0 Å². The summed E-state index contributed by atoms with van der Waals surface area (Å²) in [5, 5.41) is 4.68. The molecule has 1 aliphatic heterocycles. The first-order chi connectivity index (χ1) is 24.8. The molecule has 0 saturated heterocycles. The first kappa shape index (κ1) is 27.4. The normalized spacial score (nSPS) is 13.5. The van der Waals surface area contributed by atoms with Crippen LogP contribution < -0.4 is 9.64 Å². The van der Waals surface area contributed by atoms with Crippen molar-refractivity contribution in [1.82, 2.24) is 0 Å². The Kier molecular flexibility index (Phi) is 5.59. The van der Waals surface area contributed by atoms with Crippen molar-refractivity contribution in [2.45, 2.75) is 5.41 Å². The van der Waals surface area contributed by atoms with Crippen molar-refractivity contribution < 1.29 is 9.15 Å². The van der Waals surface area contributed by atoms with Gasteiger partial charge >= 0.3 is 0 Å². The summed E-state index contributed by atoms with van der Waals surface area (Å²) in [7, 11) is 0. The molecule has 8 aromatic carbocycles. The molecule has 0 unspecified atom stereocenters. The van der Waals surface area contributed by atoms with E-state index in [4.69, 9.17) is 9.15 Å². The fourth-order valence-electron chi connectivity index (χ4n) is 8.59. The number of furan rings is 1. The van der Waals surface area contributed by atoms with Crippen LogP contribution in [0.3, 0.4) is 0 Å². The van der Waals surface area contributed by atoms with Crippen molar-refractivity contribution in [2.75, 3.05) is 4.90 Å². The van der Waals surface area contributed by atoms with Gasteiger partial charge in [0.25, 0.3) is 0 Å². The summed E-state index contributed by atoms with van der Waals surface area (Å²) in [6.07, 6.45) is 0. The van der Waals surface area contributed by atoms with Gasteiger partial charge in [0.15, 0.2) is 0 Å². The Labute approximate surface area is 289 Å². The maximum Gasteiger partial charge on any atom is 0.135 e. The second-order valence-corrected chi connectivity index (χ2v) is 13.3. The Hall–Kier alpha value is -6.58. The van der Waals surface area contributed by atoms with E-state index in [1.807, 2.05) is 12.1 Å². The summed E-state index contributed by atoms with van der Waals surface area (Å²) in [5.41, 5.74) is 11.8. The SMILES string of the molecule is c1ccc(N(c2ccc3c(c2)C2(c4ccccc4Oc4ccccc42)c2cc4ccccc4cc2-3)c2ccc3oc4ccccc4c3c2)cc1. The van der Waals surface area contributed by atoms with Crippen LogP contribution in [0, 0.1) is 0 Å². The Morgan fingerprint density at radius 3 is 1.78 bits per heavy atom. The van der Waals surface area contributed by atoms with Crippen molar-refractivity contribution >= 4 is 49.8 Å². The lowest BCUT2D eigenvalue weighted by Gasteiger charge is -2.39. The van der Waals surface area contributed by atoms with E-state index in [0.29, 0.717) is 0 Å². The highest BCUT2D eigenvalue weighted by molar-refractivity contribution is 6.06. The van der Waals surface area contributed by atoms with Gasteiger partial charge in [0.05, 0.1) is 5.41 Å². The van der Waals surface area contributed by atoms with Crippen molar-refractivity contribution in [3.8, 4) is 22.6 Å². The zero-order valence-corrected chi connectivity index (χ0v) is 27.0. The molecule has 1 aromatic heterocycles. The summed E-state index contributed by atoms with van der Waals surface area (Å²) in [6, 6.07) is 63.1. The molecule has 0 atom stereocenters. The molecule has 1 aliphatic carbocycles. The number of rotatable bonds is 3. The fraction of sp³-hybridized carbons (Fsp3) is 0.0213. The lowest BCUT2D eigenvalue weighted by Crippen LogP contribution is -2.32. The van der Waals surface area contributed by atoms with Gasteiger partial charge in [-0.05, 0) is 106 Å². The quantitative estimate of drug-likeness (QED) is 0.192. The van der Waals surface area contributed by atoms with Crippen LogP contribution in [-0.2, 0) is 5.41 Å². The molecule has 3 nitrogen and oxygen atoms in total. The third kappa shape index (κ3) is 3.69. The Morgan fingerprint density at radius 1 is 0.380 bits per heavy atom. The zero-order valence-electron chi connectivity index (χ0n) is 27.0. The van der Waals surface area contributed by atoms with E-state index >= 15 is 0 Å². The van der Waals surface area contributed by atoms with Crippen LogP contribution in [0.1, 0.15) is 22.3 Å². The molecule has 0 radical (unpaired) electrons. The number of ether oxygens (including phenoxy) is 1. The maximum absolute atomic E-state index is 6.65. The zero-order chi connectivity index (χ0) is 32.8. The van der Waals surface area contributed by atoms with E-state index in [-0.39, 0.29) is 0 Å². The van der Waals surface area contributed by atoms with Gasteiger partial charge in [-0.1, -0.05) is 103 Å². The number of para-hydroxylation sites is 4. The smallest absolute Gasteiger partial charge is 0.135 e. The van der Waals surface area contributed by atoms with Crippen molar-refractivity contribution in [3.05, 3.63) is 198 Å². The number of fused-ring (bicyclic) bond motifs is 13. The minimum atomic E-state index is -0.580. The molecular formula is C47H29NO2. The molecule has 0 bridgehead atoms. The maximum atomic E-state index is 6.65. The van der Waals surface area contributed by atoms with Crippen LogP contribution in [0.15, 0.2) is 180 Å². The third-order valence-electron chi connectivity index (χ3n) is 10.7. The average molecular weight is 640 g/mol. The van der Waals surface area contributed by atoms with Gasteiger partial charge in [-0.15, -0.1) is 0 Å². The van der Waals surface area contributed by atoms with Crippen LogP contribution in [-0.4, -0.2) is 0 Å². The molecule has 0 amide bonds. The van der Waals surface area contributed by atoms with E-state index < -0.39 is 5.41 Å². The third-order valence-corrected chi connectivity index (χ3v) is 10.7. The molecule has 9 aromatic rings. The first-order valence-electron chi connectivity index (χ1n) is 17.1. The second kappa shape index (κ2) is 10.2. The molecule has 0 saturated carbocycles. The fourth-order valence-corrected chi connectivity index (χ4v) is 8.59. The number of hydrogen-bond donors (Lipinski definition) is 0. The van der Waals surface area contributed by atoms with Crippen LogP contribution in [0.4, 0.5) is 17.1 Å². The molecular weight excluding hydrogens is 611 g/mol. The van der Waals surface area contributed by atoms with Crippen molar-refractivity contribution in [1.29, 1.82) is 0 Å². The molecule has 11 rings (SSSR count). The minimum absolute atomic E-state index is 0.580. The molecule has 234 valence electrons. The van der Waals surface area contributed by atoms with Crippen LogP contribution in [0.25, 0.3) is 43.8 Å². The Morgan fingerprint density at radius 2 is 0.980 bits per heavy atom. The highest BCUT2D eigenvalue weighted by Gasteiger charge is 2.51. The summed E-state index contributed by atoms with van der Waals surface area (Å²) in [4.78, 5) is 2.37. The second-order valence-electron chi connectivity index (χ2n) is 13.3. The lowest BCUT2D eigenvalue weighted by atomic mass is 9.66. The first-order valence-corrected chi connectivity index (χ1v) is 17.1. The number of hydrogen-bond acceptors (Lipinski definition) is 3. The van der Waals surface area contributed by atoms with Crippen LogP contribution in [0.5, 0.6) is 11.5 Å². The van der Waals surface area contributed by atoms with Crippen LogP contribution >= 0.6 is 0 Å². The summed E-state index contributed by atoms with van der Waals surface area (Å²) in [5.74, 6) is 1.78. The number of anilines is 3. The van der Waals surface area contributed by atoms with E-state index in [9.17, 15) is 0 Å². The predicted octanol–water partition coefficient (Wildman–Crippen LogP) is 12.7. The van der Waals surface area contributed by atoms with Gasteiger partial charge in [0.1, 0.15) is 22.7 Å². The highest BCUT2D eigenvalue weighted by atomic mass is 16.5. The van der Waals surface area contributed by atoms with Crippen molar-refractivity contribution in [2.24, 2.45) is 0 Å². The topological polar surface area (TPSA) is 25.6 Å². The van der Waals surface area contributed by atoms with Gasteiger partial charge in [-0.3, -0.25) is 0 Å². The minimum Gasteiger partial charge on any atom is -0.457 e. The molecule has 2 heterocycles. The number of nitrogens with zero attached hydrogens (tertiary/aromatic N) is 1. The molecule has 3 heteroatoms. The van der Waals surface area contributed by atoms with Crippen LogP contribution in [0.2, 0.25) is 0 Å². The van der Waals surface area contributed by atoms with E-state index in [0.717, 1.165) is 61.6 Å². The molecule has 0 fully saturated rings. The standard InChI is InChI=1S/C47H29NO2/c1-2-14-32(15-3-1)48(33-23-25-44-38(28-33)36-16-6-9-19-43(36)49-44)34-22-24-35-37-26-30-12-4-5-13-31(30)27-41(37)47(42(35)29-34)39-17-7-10-20-45(39)50-46-21-11-8-18-40(46)47/h1-29H. The van der Waals surface area contributed by atoms with E-state index in [1.165, 1.54) is 33.0 Å². The average Bonchev–Trinajstić information content (AvgIpc) is 3.68. The summed E-state index contributed by atoms with van der Waals surface area (Å²) in [6.45, 7) is 0. The van der Waals surface area contributed by atoms with Gasteiger partial charge in [-0.2, -0.15) is 0 Å². The van der Waals surface area contributed by atoms with Gasteiger partial charge in [0.2, 0.25) is 0 Å². The number of benzene rings is 8. The Balaban J connectivity index is 1.22. The summed E-state index contributed by atoms with van der Waals surface area (Å²) >= 11 is 0. The van der Waals surface area contributed by atoms with Gasteiger partial charge in [-0.25, -0.2) is 0 Å².